The molecule has 0 saturated heterocycles. The number of carbonyl (C=O) groups excluding carboxylic acids is 1. The van der Waals surface area contributed by atoms with Crippen LogP contribution in [-0.4, -0.2) is 20.5 Å². The Balaban J connectivity index is 2.32. The number of imidazole rings is 1. The molecule has 1 N–H and O–H groups in total. The number of aromatic nitrogens is 2. The van der Waals surface area contributed by atoms with Crippen molar-refractivity contribution in [3.8, 4) is 0 Å². The molecule has 98 valence electrons. The van der Waals surface area contributed by atoms with Crippen molar-refractivity contribution in [3.05, 3.63) is 52.6 Å². The summed E-state index contributed by atoms with van der Waals surface area (Å²) in [5.41, 5.74) is -1.42. The Hall–Kier alpha value is -2.84. The number of nitrogens with one attached hydrogen (secondary N) is 1. The van der Waals surface area contributed by atoms with Gasteiger partial charge in [0.1, 0.15) is 12.1 Å². The minimum absolute atomic E-state index is 0.335. The molecule has 0 radical (unpaired) electrons. The molecule has 0 saturated carbocycles. The number of amides is 1. The van der Waals surface area contributed by atoms with Crippen molar-refractivity contribution in [1.82, 2.24) is 9.55 Å². The van der Waals surface area contributed by atoms with E-state index in [1.165, 1.54) is 12.4 Å². The van der Waals surface area contributed by atoms with Gasteiger partial charge in [-0.2, -0.15) is 4.39 Å². The van der Waals surface area contributed by atoms with E-state index in [1.807, 2.05) is 0 Å². The van der Waals surface area contributed by atoms with Gasteiger partial charge in [0.05, 0.1) is 10.6 Å². The molecule has 1 amide bonds. The number of halogens is 2. The van der Waals surface area contributed by atoms with E-state index in [0.717, 1.165) is 10.9 Å². The number of hydrogen-bond donors (Lipinski definition) is 1. The number of anilines is 1. The molecule has 0 aliphatic rings. The molecule has 0 aliphatic heterocycles. The van der Waals surface area contributed by atoms with Gasteiger partial charge in [-0.05, 0) is 0 Å². The molecule has 9 heteroatoms. The second kappa shape index (κ2) is 4.80. The van der Waals surface area contributed by atoms with Gasteiger partial charge >= 0.3 is 11.7 Å². The number of rotatable bonds is 2. The molecule has 2 aromatic rings. The van der Waals surface area contributed by atoms with Gasteiger partial charge in [-0.3, -0.25) is 14.7 Å². The van der Waals surface area contributed by atoms with E-state index in [-0.39, 0.29) is 0 Å². The Morgan fingerprint density at radius 3 is 2.68 bits per heavy atom. The molecular weight excluding hydrogens is 262 g/mol. The van der Waals surface area contributed by atoms with E-state index in [0.29, 0.717) is 12.1 Å². The predicted octanol–water partition coefficient (Wildman–Crippen LogP) is 2.15. The summed E-state index contributed by atoms with van der Waals surface area (Å²) < 4.78 is 27.5. The number of nitro groups is 1. The number of carbonyl (C=O) groups is 1. The van der Waals surface area contributed by atoms with Gasteiger partial charge in [0.15, 0.2) is 0 Å². The van der Waals surface area contributed by atoms with E-state index in [1.54, 1.807) is 0 Å². The first-order valence-electron chi connectivity index (χ1n) is 4.92. The third kappa shape index (κ3) is 2.54. The highest BCUT2D eigenvalue weighted by atomic mass is 19.1. The second-order valence-electron chi connectivity index (χ2n) is 3.44. The van der Waals surface area contributed by atoms with Crippen LogP contribution in [0.2, 0.25) is 0 Å². The van der Waals surface area contributed by atoms with Crippen molar-refractivity contribution in [2.45, 2.75) is 0 Å². The van der Waals surface area contributed by atoms with Gasteiger partial charge in [-0.25, -0.2) is 14.2 Å². The maximum absolute atomic E-state index is 13.4. The Morgan fingerprint density at radius 1 is 1.37 bits per heavy atom. The first kappa shape index (κ1) is 12.6. The quantitative estimate of drug-likeness (QED) is 0.667. The van der Waals surface area contributed by atoms with Crippen molar-refractivity contribution in [1.29, 1.82) is 0 Å². The van der Waals surface area contributed by atoms with Crippen LogP contribution in [0.4, 0.5) is 25.0 Å². The zero-order valence-corrected chi connectivity index (χ0v) is 9.21. The molecule has 0 atom stereocenters. The maximum atomic E-state index is 13.4. The minimum Gasteiger partial charge on any atom is -0.304 e. The van der Waals surface area contributed by atoms with Crippen LogP contribution in [0.15, 0.2) is 30.9 Å². The summed E-state index contributed by atoms with van der Waals surface area (Å²) in [6.45, 7) is 0. The molecule has 7 nitrogen and oxygen atoms in total. The summed E-state index contributed by atoms with van der Waals surface area (Å²) >= 11 is 0. The Labute approximate surface area is 104 Å². The van der Waals surface area contributed by atoms with Crippen molar-refractivity contribution in [3.63, 3.8) is 0 Å². The van der Waals surface area contributed by atoms with Crippen molar-refractivity contribution >= 4 is 17.4 Å². The summed E-state index contributed by atoms with van der Waals surface area (Å²) in [5, 5.41) is 12.6. The fourth-order valence-corrected chi connectivity index (χ4v) is 1.33. The topological polar surface area (TPSA) is 90.1 Å². The lowest BCUT2D eigenvalue weighted by Crippen LogP contribution is -2.18. The monoisotopic (exact) mass is 268 g/mol. The third-order valence-electron chi connectivity index (χ3n) is 2.21. The van der Waals surface area contributed by atoms with Crippen molar-refractivity contribution in [2.24, 2.45) is 0 Å². The molecule has 0 fully saturated rings. The Kier molecular flexibility index (Phi) is 3.19. The SMILES string of the molecule is O=C(Nc1cc([N+](=O)[O-])c(F)cc1F)n1ccnc1. The average Bonchev–Trinajstić information content (AvgIpc) is 2.85. The van der Waals surface area contributed by atoms with E-state index < -0.39 is 34.0 Å². The molecule has 1 aromatic heterocycles. The van der Waals surface area contributed by atoms with E-state index in [4.69, 9.17) is 0 Å². The molecule has 1 heterocycles. The molecule has 0 bridgehead atoms. The zero-order valence-electron chi connectivity index (χ0n) is 9.21. The van der Waals surface area contributed by atoms with Crippen LogP contribution in [0, 0.1) is 21.7 Å². The van der Waals surface area contributed by atoms with Crippen LogP contribution in [-0.2, 0) is 0 Å². The fourth-order valence-electron chi connectivity index (χ4n) is 1.33. The summed E-state index contributed by atoms with van der Waals surface area (Å²) in [4.78, 5) is 24.7. The van der Waals surface area contributed by atoms with Crippen molar-refractivity contribution < 1.29 is 18.5 Å². The molecule has 1 aromatic carbocycles. The highest BCUT2D eigenvalue weighted by Crippen LogP contribution is 2.25. The zero-order chi connectivity index (χ0) is 14.0. The van der Waals surface area contributed by atoms with Crippen LogP contribution >= 0.6 is 0 Å². The second-order valence-corrected chi connectivity index (χ2v) is 3.44. The van der Waals surface area contributed by atoms with E-state index in [9.17, 15) is 23.7 Å². The van der Waals surface area contributed by atoms with Gasteiger partial charge in [0.2, 0.25) is 5.82 Å². The molecule has 0 spiro atoms. The molecular formula is C10H6F2N4O3. The highest BCUT2D eigenvalue weighted by Gasteiger charge is 2.19. The lowest BCUT2D eigenvalue weighted by Gasteiger charge is -2.06. The Morgan fingerprint density at radius 2 is 2.11 bits per heavy atom. The van der Waals surface area contributed by atoms with Gasteiger partial charge in [-0.15, -0.1) is 0 Å². The van der Waals surface area contributed by atoms with E-state index >= 15 is 0 Å². The fraction of sp³-hybridized carbons (Fsp3) is 0. The number of benzene rings is 1. The smallest absolute Gasteiger partial charge is 0.304 e. The molecule has 0 aliphatic carbocycles. The largest absolute Gasteiger partial charge is 0.331 e. The number of nitro benzene ring substituents is 1. The number of hydrogen-bond acceptors (Lipinski definition) is 4. The molecule has 2 rings (SSSR count). The Bertz CT molecular complexity index is 642. The summed E-state index contributed by atoms with van der Waals surface area (Å²) in [5.74, 6) is -2.43. The minimum atomic E-state index is -1.32. The van der Waals surface area contributed by atoms with E-state index in [2.05, 4.69) is 10.3 Å². The van der Waals surface area contributed by atoms with Crippen molar-refractivity contribution in [2.75, 3.05) is 5.32 Å². The van der Waals surface area contributed by atoms with Crippen LogP contribution < -0.4 is 5.32 Å². The van der Waals surface area contributed by atoms with Crippen LogP contribution in [0.3, 0.4) is 0 Å². The number of nitrogens with zero attached hydrogens (tertiary/aromatic N) is 3. The van der Waals surface area contributed by atoms with Gasteiger partial charge in [0, 0.05) is 24.5 Å². The summed E-state index contributed by atoms with van der Waals surface area (Å²) in [7, 11) is 0. The normalized spacial score (nSPS) is 10.2. The molecule has 0 unspecified atom stereocenters. The first-order chi connectivity index (χ1) is 8.99. The third-order valence-corrected chi connectivity index (χ3v) is 2.21. The maximum Gasteiger partial charge on any atom is 0.331 e. The van der Waals surface area contributed by atoms with Crippen LogP contribution in [0.5, 0.6) is 0 Å². The highest BCUT2D eigenvalue weighted by molar-refractivity contribution is 5.91. The lowest BCUT2D eigenvalue weighted by atomic mass is 10.2. The van der Waals surface area contributed by atoms with Crippen LogP contribution in [0.25, 0.3) is 0 Å². The summed E-state index contributed by atoms with van der Waals surface area (Å²) in [6.07, 6.45) is 3.78. The predicted molar refractivity (Wildman–Crippen MR) is 59.7 cm³/mol. The van der Waals surface area contributed by atoms with Crippen LogP contribution in [0.1, 0.15) is 0 Å². The lowest BCUT2D eigenvalue weighted by molar-refractivity contribution is -0.387. The van der Waals surface area contributed by atoms with Gasteiger partial charge < -0.3 is 5.32 Å². The average molecular weight is 268 g/mol. The van der Waals surface area contributed by atoms with Gasteiger partial charge in [-0.1, -0.05) is 0 Å². The summed E-state index contributed by atoms with van der Waals surface area (Å²) in [6, 6.07) is 0.165. The first-order valence-corrected chi connectivity index (χ1v) is 4.92. The standard InChI is InChI=1S/C10H6F2N4O3/c11-6-3-7(12)9(16(18)19)4-8(6)14-10(17)15-2-1-13-5-15/h1-5H,(H,14,17). The molecule has 19 heavy (non-hydrogen) atoms. The van der Waals surface area contributed by atoms with Gasteiger partial charge in [0.25, 0.3) is 0 Å².